The first-order chi connectivity index (χ1) is 25.8. The number of amides is 4. The van der Waals surface area contributed by atoms with Crippen LogP contribution >= 0.6 is 0 Å². The number of halogens is 3. The molecule has 0 radical (unpaired) electrons. The van der Waals surface area contributed by atoms with Gasteiger partial charge < -0.3 is 30.1 Å². The van der Waals surface area contributed by atoms with Crippen LogP contribution in [0.3, 0.4) is 0 Å². The topological polar surface area (TPSA) is 219 Å². The minimum atomic E-state index is -5.05. The fourth-order valence-corrected chi connectivity index (χ4v) is 8.72. The number of aromatic nitrogens is 3. The first-order valence-electron chi connectivity index (χ1n) is 18.1. The molecule has 7 atom stereocenters. The molecule has 0 aromatic carbocycles. The number of hydrogen-bond acceptors (Lipinski definition) is 11. The van der Waals surface area contributed by atoms with Crippen molar-refractivity contribution >= 4 is 44.9 Å². The summed E-state index contributed by atoms with van der Waals surface area (Å²) in [5, 5.41) is 14.8. The van der Waals surface area contributed by atoms with E-state index in [1.165, 1.54) is 20.1 Å². The van der Waals surface area contributed by atoms with Crippen LogP contribution in [0.5, 0.6) is 11.8 Å². The Morgan fingerprint density at radius 2 is 1.89 bits per heavy atom. The fraction of sp³-hybridized carbons (Fsp3) is 0.629. The van der Waals surface area contributed by atoms with Crippen molar-refractivity contribution < 1.29 is 55.3 Å². The van der Waals surface area contributed by atoms with Gasteiger partial charge in [0.05, 0.1) is 30.1 Å². The number of pyridine rings is 1. The minimum Gasteiger partial charge on any atom is -0.481 e. The predicted octanol–water partition coefficient (Wildman–Crippen LogP) is 3.31. The lowest BCUT2D eigenvalue weighted by molar-refractivity contribution is -0.143. The number of ether oxygens (including phenoxy) is 2. The van der Waals surface area contributed by atoms with E-state index in [0.717, 1.165) is 11.1 Å². The van der Waals surface area contributed by atoms with Crippen LogP contribution in [-0.4, -0.2) is 99.3 Å². The van der Waals surface area contributed by atoms with Gasteiger partial charge in [-0.25, -0.2) is 28.2 Å². The Labute approximate surface area is 315 Å². The molecule has 3 fully saturated rings. The summed E-state index contributed by atoms with van der Waals surface area (Å²) in [6, 6.07) is -1.65. The molecule has 0 bridgehead atoms. The summed E-state index contributed by atoms with van der Waals surface area (Å²) in [7, 11) is -2.83. The third-order valence-corrected chi connectivity index (χ3v) is 13.3. The molecule has 2 saturated carbocycles. The summed E-state index contributed by atoms with van der Waals surface area (Å²) in [6.07, 6.45) is -0.727. The number of alkyl halides is 3. The molecule has 16 nitrogen and oxygen atoms in total. The molecule has 2 aliphatic heterocycles. The van der Waals surface area contributed by atoms with Crippen LogP contribution in [0.15, 0.2) is 24.4 Å². The van der Waals surface area contributed by atoms with E-state index in [0.29, 0.717) is 38.5 Å². The van der Waals surface area contributed by atoms with Gasteiger partial charge >= 0.3 is 12.3 Å². The van der Waals surface area contributed by atoms with Gasteiger partial charge in [-0.2, -0.15) is 13.2 Å². The Morgan fingerprint density at radius 3 is 2.53 bits per heavy atom. The first kappa shape index (κ1) is 39.9. The second-order valence-corrected chi connectivity index (χ2v) is 17.4. The van der Waals surface area contributed by atoms with E-state index >= 15 is 0 Å². The SMILES string of the molecule is CC[C@@H]1C[C@H](C)CC/C=C\[C@@H]2C[C@@]2(C(=O)NS(=O)(=O)C2(C)CC2)NC(=O)[C@@H]2C[C@@H](Oc3nc4cnc(OC)cc4nc3C(F)(F)F)CN2C(=O)[C@H]1NC(=O)O. The molecule has 0 spiro atoms. The molecule has 4 N–H and O–H groups in total. The number of fused-ring (bicyclic) bond motifs is 3. The van der Waals surface area contributed by atoms with Crippen molar-refractivity contribution in [1.82, 2.24) is 35.2 Å². The average molecular weight is 796 g/mol. The Hall–Kier alpha value is -4.75. The largest absolute Gasteiger partial charge is 0.481 e. The van der Waals surface area contributed by atoms with E-state index in [4.69, 9.17) is 9.47 Å². The molecular formula is C35H44F3N7O9S. The average Bonchev–Trinajstić information content (AvgIpc) is 4.00. The van der Waals surface area contributed by atoms with Crippen LogP contribution in [0, 0.1) is 17.8 Å². The number of carbonyl (C=O) groups is 4. The van der Waals surface area contributed by atoms with Gasteiger partial charge in [-0.05, 0) is 57.3 Å². The van der Waals surface area contributed by atoms with Gasteiger partial charge in [0.2, 0.25) is 39.3 Å². The van der Waals surface area contributed by atoms with Crippen molar-refractivity contribution in [2.24, 2.45) is 17.8 Å². The maximum absolute atomic E-state index is 14.5. The highest BCUT2D eigenvalue weighted by Gasteiger charge is 2.63. The molecule has 55 heavy (non-hydrogen) atoms. The van der Waals surface area contributed by atoms with Gasteiger partial charge in [-0.1, -0.05) is 32.4 Å². The lowest BCUT2D eigenvalue weighted by atomic mass is 9.85. The maximum atomic E-state index is 14.5. The highest BCUT2D eigenvalue weighted by molar-refractivity contribution is 7.91. The van der Waals surface area contributed by atoms with Crippen LogP contribution in [-0.2, 0) is 30.6 Å². The summed E-state index contributed by atoms with van der Waals surface area (Å²) in [6.45, 7) is 4.79. The number of nitrogens with one attached hydrogen (secondary N) is 3. The second-order valence-electron chi connectivity index (χ2n) is 15.2. The number of sulfonamides is 1. The first-order valence-corrected chi connectivity index (χ1v) is 19.6. The van der Waals surface area contributed by atoms with Gasteiger partial charge in [0, 0.05) is 18.4 Å². The minimum absolute atomic E-state index is 0.00290. The van der Waals surface area contributed by atoms with E-state index in [2.05, 4.69) is 30.3 Å². The highest BCUT2D eigenvalue weighted by Crippen LogP contribution is 2.48. The normalized spacial score (nSPS) is 30.1. The molecule has 4 amide bonds. The molecule has 4 heterocycles. The standard InChI is InChI=1S/C35H44F3N7O9S/c1-5-19-12-18(2)8-6-7-9-20-15-34(20,31(48)44-55(51,52)33(3)10-11-33)43-28(46)24-13-21(17-45(24)30(47)26(19)42-32(49)50)54-29-27(35(36,37)38)40-22-14-25(53-4)39-16-23(22)41-29/h7,9,14,16,18-21,24,26,42H,5-6,8,10-13,15,17H2,1-4H3,(H,43,46)(H,44,48)(H,49,50)/b9-7-/t18-,19-,20-,21-,24+,26+,34-/m1/s1. The molecule has 0 unspecified atom stereocenters. The summed E-state index contributed by atoms with van der Waals surface area (Å²) in [5.74, 6) is -4.72. The molecule has 6 rings (SSSR count). The highest BCUT2D eigenvalue weighted by atomic mass is 32.2. The Kier molecular flexibility index (Phi) is 10.7. The van der Waals surface area contributed by atoms with Gasteiger partial charge in [-0.15, -0.1) is 0 Å². The van der Waals surface area contributed by atoms with Crippen LogP contribution in [0.4, 0.5) is 18.0 Å². The second kappa shape index (κ2) is 14.7. The Morgan fingerprint density at radius 1 is 1.16 bits per heavy atom. The quantitative estimate of drug-likeness (QED) is 0.283. The number of methoxy groups -OCH3 is 1. The van der Waals surface area contributed by atoms with Gasteiger partial charge in [0.25, 0.3) is 5.91 Å². The zero-order valence-electron chi connectivity index (χ0n) is 30.7. The lowest BCUT2D eigenvalue weighted by Gasteiger charge is -2.33. The summed E-state index contributed by atoms with van der Waals surface area (Å²) in [5.41, 5.74) is -3.44. The molecule has 300 valence electrons. The summed E-state index contributed by atoms with van der Waals surface area (Å²) < 4.78 is 81.1. The van der Waals surface area contributed by atoms with E-state index < -0.39 is 105 Å². The van der Waals surface area contributed by atoms with Crippen molar-refractivity contribution in [3.63, 3.8) is 0 Å². The smallest absolute Gasteiger partial charge is 0.438 e. The van der Waals surface area contributed by atoms with Crippen LogP contribution < -0.4 is 24.8 Å². The Balaban J connectivity index is 1.38. The van der Waals surface area contributed by atoms with Gasteiger partial charge in [0.1, 0.15) is 29.2 Å². The number of carbonyl (C=O) groups excluding carboxylic acids is 3. The van der Waals surface area contributed by atoms with Crippen LogP contribution in [0.2, 0.25) is 0 Å². The molecule has 20 heteroatoms. The van der Waals surface area contributed by atoms with Crippen molar-refractivity contribution in [2.45, 2.75) is 107 Å². The predicted molar refractivity (Wildman–Crippen MR) is 188 cm³/mol. The molecule has 1 saturated heterocycles. The van der Waals surface area contributed by atoms with E-state index in [9.17, 15) is 45.9 Å². The van der Waals surface area contributed by atoms with E-state index in [1.54, 1.807) is 13.0 Å². The monoisotopic (exact) mass is 795 g/mol. The van der Waals surface area contributed by atoms with Crippen molar-refractivity contribution in [2.75, 3.05) is 13.7 Å². The van der Waals surface area contributed by atoms with Crippen LogP contribution in [0.25, 0.3) is 11.0 Å². The van der Waals surface area contributed by atoms with Gasteiger partial charge in [-0.3, -0.25) is 19.1 Å². The number of carboxylic acid groups (broad SMARTS) is 1. The number of nitrogens with zero attached hydrogens (tertiary/aromatic N) is 4. The van der Waals surface area contributed by atoms with E-state index in [1.807, 2.05) is 13.0 Å². The zero-order chi connectivity index (χ0) is 40.1. The fourth-order valence-electron chi connectivity index (χ4n) is 7.41. The number of rotatable bonds is 8. The molecular weight excluding hydrogens is 751 g/mol. The zero-order valence-corrected chi connectivity index (χ0v) is 31.5. The van der Waals surface area contributed by atoms with Crippen LogP contribution in [0.1, 0.15) is 77.8 Å². The molecule has 2 aromatic rings. The molecule has 2 aromatic heterocycles. The molecule has 2 aliphatic carbocycles. The third kappa shape index (κ3) is 8.14. The van der Waals surface area contributed by atoms with Crippen molar-refractivity contribution in [3.05, 3.63) is 30.1 Å². The van der Waals surface area contributed by atoms with Gasteiger partial charge in [0.15, 0.2) is 0 Å². The number of allylic oxidation sites excluding steroid dienone is 1. The summed E-state index contributed by atoms with van der Waals surface area (Å²) in [4.78, 5) is 67.4. The third-order valence-electron chi connectivity index (χ3n) is 11.1. The van der Waals surface area contributed by atoms with E-state index in [-0.39, 0.29) is 29.3 Å². The maximum Gasteiger partial charge on any atom is 0.438 e. The lowest BCUT2D eigenvalue weighted by Crippen LogP contribution is -2.59. The molecule has 4 aliphatic rings. The summed E-state index contributed by atoms with van der Waals surface area (Å²) >= 11 is 0. The van der Waals surface area contributed by atoms with Crippen molar-refractivity contribution in [3.8, 4) is 11.8 Å². The Bertz CT molecular complexity index is 2010. The number of hydrogen-bond donors (Lipinski definition) is 4. The van der Waals surface area contributed by atoms with Crippen molar-refractivity contribution in [1.29, 1.82) is 0 Å².